The first-order valence-corrected chi connectivity index (χ1v) is 6.41. The molecule has 0 aliphatic heterocycles. The van der Waals surface area contributed by atoms with Gasteiger partial charge >= 0.3 is 0 Å². The SMILES string of the molecule is COCCOCOc1c(Br)cc(Br)cc1C=O. The first kappa shape index (κ1) is 14.6. The zero-order valence-electron chi connectivity index (χ0n) is 9.24. The number of carbonyl (C=O) groups is 1. The van der Waals surface area contributed by atoms with E-state index in [2.05, 4.69) is 31.9 Å². The Kier molecular flexibility index (Phi) is 6.72. The molecule has 0 unspecified atom stereocenters. The molecule has 0 bridgehead atoms. The highest BCUT2D eigenvalue weighted by molar-refractivity contribution is 9.11. The van der Waals surface area contributed by atoms with E-state index < -0.39 is 0 Å². The van der Waals surface area contributed by atoms with Crippen LogP contribution in [0.4, 0.5) is 0 Å². The van der Waals surface area contributed by atoms with Gasteiger partial charge in [0.05, 0.1) is 23.2 Å². The van der Waals surface area contributed by atoms with Crippen LogP contribution in [0.2, 0.25) is 0 Å². The highest BCUT2D eigenvalue weighted by Gasteiger charge is 2.09. The average Bonchev–Trinajstić information content (AvgIpc) is 2.30. The molecule has 0 amide bonds. The van der Waals surface area contributed by atoms with Crippen LogP contribution in [-0.2, 0) is 9.47 Å². The van der Waals surface area contributed by atoms with E-state index in [0.29, 0.717) is 29.0 Å². The van der Waals surface area contributed by atoms with Gasteiger partial charge in [-0.15, -0.1) is 0 Å². The Morgan fingerprint density at radius 2 is 2.06 bits per heavy atom. The predicted octanol–water partition coefficient (Wildman–Crippen LogP) is 3.02. The van der Waals surface area contributed by atoms with Crippen LogP contribution >= 0.6 is 31.9 Å². The fourth-order valence-corrected chi connectivity index (χ4v) is 2.49. The Morgan fingerprint density at radius 3 is 2.71 bits per heavy atom. The number of aldehydes is 1. The van der Waals surface area contributed by atoms with Crippen LogP contribution in [0.1, 0.15) is 10.4 Å². The zero-order chi connectivity index (χ0) is 12.7. The van der Waals surface area contributed by atoms with E-state index in [4.69, 9.17) is 14.2 Å². The van der Waals surface area contributed by atoms with Gasteiger partial charge in [0.2, 0.25) is 0 Å². The van der Waals surface area contributed by atoms with Crippen LogP contribution in [0, 0.1) is 0 Å². The van der Waals surface area contributed by atoms with Crippen LogP contribution in [0.25, 0.3) is 0 Å². The van der Waals surface area contributed by atoms with E-state index in [9.17, 15) is 4.79 Å². The van der Waals surface area contributed by atoms with E-state index >= 15 is 0 Å². The average molecular weight is 368 g/mol. The molecular weight excluding hydrogens is 356 g/mol. The molecule has 0 radical (unpaired) electrons. The Morgan fingerprint density at radius 1 is 1.29 bits per heavy atom. The standard InChI is InChI=1S/C11H12Br2O4/c1-15-2-3-16-7-17-11-8(6-14)4-9(12)5-10(11)13/h4-6H,2-3,7H2,1H3. The van der Waals surface area contributed by atoms with Crippen molar-refractivity contribution in [3.8, 4) is 5.75 Å². The third-order valence-corrected chi connectivity index (χ3v) is 2.93. The van der Waals surface area contributed by atoms with Crippen molar-refractivity contribution in [1.29, 1.82) is 0 Å². The van der Waals surface area contributed by atoms with E-state index in [0.717, 1.165) is 10.8 Å². The van der Waals surface area contributed by atoms with Gasteiger partial charge in [-0.25, -0.2) is 0 Å². The molecule has 0 fully saturated rings. The Balaban J connectivity index is 2.60. The maximum Gasteiger partial charge on any atom is 0.189 e. The number of benzene rings is 1. The summed E-state index contributed by atoms with van der Waals surface area (Å²) in [5, 5.41) is 0. The molecule has 0 aliphatic carbocycles. The minimum atomic E-state index is 0.0738. The van der Waals surface area contributed by atoms with Crippen LogP contribution in [0.15, 0.2) is 21.1 Å². The minimum Gasteiger partial charge on any atom is -0.466 e. The molecule has 0 atom stereocenters. The van der Waals surface area contributed by atoms with Gasteiger partial charge in [0.25, 0.3) is 0 Å². The summed E-state index contributed by atoms with van der Waals surface area (Å²) in [7, 11) is 1.60. The third-order valence-electron chi connectivity index (χ3n) is 1.88. The molecule has 0 N–H and O–H groups in total. The van der Waals surface area contributed by atoms with Crippen molar-refractivity contribution in [2.24, 2.45) is 0 Å². The van der Waals surface area contributed by atoms with Crippen LogP contribution in [0.5, 0.6) is 5.75 Å². The zero-order valence-corrected chi connectivity index (χ0v) is 12.4. The summed E-state index contributed by atoms with van der Waals surface area (Å²) >= 11 is 6.63. The molecule has 0 spiro atoms. The van der Waals surface area contributed by atoms with Gasteiger partial charge in [0.15, 0.2) is 13.1 Å². The largest absolute Gasteiger partial charge is 0.466 e. The monoisotopic (exact) mass is 366 g/mol. The first-order chi connectivity index (χ1) is 8.19. The van der Waals surface area contributed by atoms with Gasteiger partial charge in [-0.1, -0.05) is 15.9 Å². The number of ether oxygens (including phenoxy) is 3. The number of hydrogen-bond acceptors (Lipinski definition) is 4. The molecule has 0 saturated carbocycles. The molecule has 4 nitrogen and oxygen atoms in total. The lowest BCUT2D eigenvalue weighted by Crippen LogP contribution is -2.09. The van der Waals surface area contributed by atoms with E-state index in [1.807, 2.05) is 0 Å². The van der Waals surface area contributed by atoms with Crippen LogP contribution in [-0.4, -0.2) is 33.4 Å². The summed E-state index contributed by atoms with van der Waals surface area (Å²) in [6.45, 7) is 1.02. The van der Waals surface area contributed by atoms with E-state index in [1.165, 1.54) is 0 Å². The van der Waals surface area contributed by atoms with Crippen LogP contribution < -0.4 is 4.74 Å². The summed E-state index contributed by atoms with van der Waals surface area (Å²) in [5.41, 5.74) is 0.460. The first-order valence-electron chi connectivity index (χ1n) is 4.82. The molecule has 17 heavy (non-hydrogen) atoms. The minimum absolute atomic E-state index is 0.0738. The van der Waals surface area contributed by atoms with Crippen molar-refractivity contribution in [2.45, 2.75) is 0 Å². The van der Waals surface area contributed by atoms with Gasteiger partial charge in [-0.05, 0) is 28.1 Å². The smallest absolute Gasteiger partial charge is 0.189 e. The second kappa shape index (κ2) is 7.81. The Bertz CT molecular complexity index is 382. The van der Waals surface area contributed by atoms with Crippen molar-refractivity contribution in [2.75, 3.05) is 27.1 Å². The molecule has 0 aliphatic rings. The van der Waals surface area contributed by atoms with E-state index in [1.54, 1.807) is 19.2 Å². The molecule has 94 valence electrons. The molecule has 0 aromatic heterocycles. The summed E-state index contributed by atoms with van der Waals surface area (Å²) in [5.74, 6) is 0.473. The third kappa shape index (κ3) is 4.75. The predicted molar refractivity (Wildman–Crippen MR) is 70.6 cm³/mol. The van der Waals surface area contributed by atoms with Crippen molar-refractivity contribution >= 4 is 38.1 Å². The second-order valence-corrected chi connectivity index (χ2v) is 4.86. The number of hydrogen-bond donors (Lipinski definition) is 0. The lowest BCUT2D eigenvalue weighted by molar-refractivity contribution is -0.00900. The molecule has 1 rings (SSSR count). The normalized spacial score (nSPS) is 10.3. The van der Waals surface area contributed by atoms with Crippen LogP contribution in [0.3, 0.4) is 0 Å². The quantitative estimate of drug-likeness (QED) is 0.422. The number of methoxy groups -OCH3 is 1. The topological polar surface area (TPSA) is 44.8 Å². The second-order valence-electron chi connectivity index (χ2n) is 3.09. The Hall–Kier alpha value is -0.430. The molecular formula is C11H12Br2O4. The van der Waals surface area contributed by atoms with Gasteiger partial charge in [-0.3, -0.25) is 4.79 Å². The van der Waals surface area contributed by atoms with Crippen molar-refractivity contribution < 1.29 is 19.0 Å². The van der Waals surface area contributed by atoms with Gasteiger partial charge in [0, 0.05) is 11.6 Å². The lowest BCUT2D eigenvalue weighted by atomic mass is 10.2. The van der Waals surface area contributed by atoms with Crippen molar-refractivity contribution in [3.63, 3.8) is 0 Å². The van der Waals surface area contributed by atoms with Crippen molar-refractivity contribution in [1.82, 2.24) is 0 Å². The molecule has 1 aromatic carbocycles. The van der Waals surface area contributed by atoms with Gasteiger partial charge in [0.1, 0.15) is 5.75 Å². The lowest BCUT2D eigenvalue weighted by Gasteiger charge is -2.11. The summed E-state index contributed by atoms with van der Waals surface area (Å²) in [6, 6.07) is 3.49. The van der Waals surface area contributed by atoms with Gasteiger partial charge in [-0.2, -0.15) is 0 Å². The summed E-state index contributed by atoms with van der Waals surface area (Å²) < 4.78 is 16.9. The highest BCUT2D eigenvalue weighted by atomic mass is 79.9. The Labute approximate surface area is 116 Å². The number of rotatable bonds is 7. The molecule has 0 heterocycles. The molecule has 6 heteroatoms. The summed E-state index contributed by atoms with van der Waals surface area (Å²) in [4.78, 5) is 10.9. The van der Waals surface area contributed by atoms with Gasteiger partial charge < -0.3 is 14.2 Å². The number of carbonyl (C=O) groups excluding carboxylic acids is 1. The number of halogens is 2. The summed E-state index contributed by atoms with van der Waals surface area (Å²) in [6.07, 6.45) is 0.736. The highest BCUT2D eigenvalue weighted by Crippen LogP contribution is 2.31. The maximum absolute atomic E-state index is 10.9. The maximum atomic E-state index is 10.9. The molecule has 0 saturated heterocycles. The fraction of sp³-hybridized carbons (Fsp3) is 0.364. The molecule has 1 aromatic rings. The fourth-order valence-electron chi connectivity index (χ4n) is 1.12. The van der Waals surface area contributed by atoms with Crippen molar-refractivity contribution in [3.05, 3.63) is 26.6 Å². The van der Waals surface area contributed by atoms with E-state index in [-0.39, 0.29) is 6.79 Å².